The Hall–Kier alpha value is 1.41. The van der Waals surface area contributed by atoms with E-state index < -0.39 is 14.7 Å². The van der Waals surface area contributed by atoms with Crippen LogP contribution in [0.3, 0.4) is 0 Å². The lowest BCUT2D eigenvalue weighted by Gasteiger charge is -2.22. The Morgan fingerprint density at radius 2 is 1.44 bits per heavy atom. The second-order valence-corrected chi connectivity index (χ2v) is 4.52. The Labute approximate surface area is 77.8 Å². The maximum Gasteiger partial charge on any atom is 0.237 e. The lowest BCUT2D eigenvalue weighted by Crippen LogP contribution is -2.37. The van der Waals surface area contributed by atoms with E-state index in [1.54, 1.807) is 0 Å². The summed E-state index contributed by atoms with van der Waals surface area (Å²) in [5.41, 5.74) is 0. The first-order chi connectivity index (χ1) is 3.81. The average molecular weight is 231 g/mol. The van der Waals surface area contributed by atoms with Crippen molar-refractivity contribution >= 4 is 58.0 Å². The molecule has 0 aromatic rings. The molecule has 1 atom stereocenters. The molecular formula is C3H2Cl5O. The highest BCUT2D eigenvalue weighted by Gasteiger charge is 2.47. The van der Waals surface area contributed by atoms with E-state index in [1.165, 1.54) is 0 Å². The third kappa shape index (κ3) is 2.87. The van der Waals surface area contributed by atoms with Crippen LogP contribution in [0.2, 0.25) is 0 Å². The normalized spacial score (nSPS) is 19.3. The maximum absolute atomic E-state index is 10.7. The van der Waals surface area contributed by atoms with E-state index in [9.17, 15) is 5.11 Å². The Balaban J connectivity index is 4.14. The zero-order chi connectivity index (χ0) is 7.71. The SMILES string of the molecule is [O]C(Cl)(CCl)C(Cl)(Cl)Cl. The third-order valence-electron chi connectivity index (χ3n) is 0.595. The minimum Gasteiger partial charge on any atom is -0.206 e. The van der Waals surface area contributed by atoms with Crippen LogP contribution in [0.1, 0.15) is 0 Å². The van der Waals surface area contributed by atoms with Crippen molar-refractivity contribution in [2.45, 2.75) is 8.85 Å². The van der Waals surface area contributed by atoms with Gasteiger partial charge in [-0.3, -0.25) is 0 Å². The van der Waals surface area contributed by atoms with Crippen molar-refractivity contribution in [3.05, 3.63) is 0 Å². The second-order valence-electron chi connectivity index (χ2n) is 1.36. The summed E-state index contributed by atoms with van der Waals surface area (Å²) in [6.07, 6.45) is 0. The van der Waals surface area contributed by atoms with Crippen molar-refractivity contribution in [3.63, 3.8) is 0 Å². The molecule has 0 aromatic carbocycles. The number of hydrogen-bond acceptors (Lipinski definition) is 0. The van der Waals surface area contributed by atoms with Gasteiger partial charge in [0.2, 0.25) is 8.85 Å². The third-order valence-corrected chi connectivity index (χ3v) is 2.73. The Kier molecular flexibility index (Phi) is 3.71. The predicted octanol–water partition coefficient (Wildman–Crippen LogP) is 2.96. The van der Waals surface area contributed by atoms with Crippen LogP contribution in [0.25, 0.3) is 0 Å². The molecule has 0 amide bonds. The molecule has 0 N–H and O–H groups in total. The molecule has 0 saturated heterocycles. The van der Waals surface area contributed by atoms with Crippen LogP contribution in [0.5, 0.6) is 0 Å². The van der Waals surface area contributed by atoms with Crippen molar-refractivity contribution in [3.8, 4) is 0 Å². The molecule has 0 saturated carbocycles. The summed E-state index contributed by atoms with van der Waals surface area (Å²) >= 11 is 25.6. The molecule has 0 aliphatic rings. The molecule has 0 spiro atoms. The van der Waals surface area contributed by atoms with Crippen LogP contribution in [0, 0.1) is 0 Å². The van der Waals surface area contributed by atoms with Gasteiger partial charge in [0.05, 0.1) is 5.88 Å². The minimum absolute atomic E-state index is 0.453. The monoisotopic (exact) mass is 229 g/mol. The van der Waals surface area contributed by atoms with Gasteiger partial charge in [-0.25, -0.2) is 5.11 Å². The predicted molar refractivity (Wildman–Crippen MR) is 40.3 cm³/mol. The number of halogens is 5. The molecule has 1 radical (unpaired) electrons. The Morgan fingerprint density at radius 1 is 1.11 bits per heavy atom. The van der Waals surface area contributed by atoms with Crippen LogP contribution >= 0.6 is 58.0 Å². The fraction of sp³-hybridized carbons (Fsp3) is 1.00. The van der Waals surface area contributed by atoms with Gasteiger partial charge in [-0.1, -0.05) is 46.4 Å². The molecule has 0 aliphatic heterocycles. The quantitative estimate of drug-likeness (QED) is 0.618. The summed E-state index contributed by atoms with van der Waals surface area (Å²) in [6.45, 7) is 0. The lowest BCUT2D eigenvalue weighted by molar-refractivity contribution is 0.0710. The van der Waals surface area contributed by atoms with E-state index in [1.807, 2.05) is 0 Å². The minimum atomic E-state index is -2.24. The maximum atomic E-state index is 10.7. The first-order valence-corrected chi connectivity index (χ1v) is 3.88. The number of rotatable bonds is 1. The van der Waals surface area contributed by atoms with Crippen LogP contribution in [-0.4, -0.2) is 14.7 Å². The molecule has 9 heavy (non-hydrogen) atoms. The lowest BCUT2D eigenvalue weighted by atomic mass is 10.4. The van der Waals surface area contributed by atoms with Gasteiger partial charge in [0.25, 0.3) is 0 Å². The first kappa shape index (κ1) is 10.4. The fourth-order valence-corrected chi connectivity index (χ4v) is 0.682. The summed E-state index contributed by atoms with van der Waals surface area (Å²) in [5, 5.41) is 8.49. The average Bonchev–Trinajstić information content (AvgIpc) is 1.64. The zero-order valence-corrected chi connectivity index (χ0v) is 7.78. The van der Waals surface area contributed by atoms with E-state index in [0.717, 1.165) is 0 Å². The van der Waals surface area contributed by atoms with Gasteiger partial charge in [0.1, 0.15) is 0 Å². The van der Waals surface area contributed by atoms with Gasteiger partial charge >= 0.3 is 0 Å². The topological polar surface area (TPSA) is 19.9 Å². The van der Waals surface area contributed by atoms with Crippen LogP contribution in [-0.2, 0) is 5.11 Å². The second kappa shape index (κ2) is 3.21. The Bertz CT molecular complexity index is 94.9. The molecule has 0 fully saturated rings. The van der Waals surface area contributed by atoms with E-state index in [2.05, 4.69) is 0 Å². The molecule has 0 bridgehead atoms. The van der Waals surface area contributed by atoms with Crippen molar-refractivity contribution in [1.29, 1.82) is 0 Å². The van der Waals surface area contributed by atoms with Gasteiger partial charge < -0.3 is 0 Å². The highest BCUT2D eigenvalue weighted by Crippen LogP contribution is 2.41. The van der Waals surface area contributed by atoms with Crippen molar-refractivity contribution in [2.75, 3.05) is 5.88 Å². The number of hydrogen-bond donors (Lipinski definition) is 0. The van der Waals surface area contributed by atoms with Gasteiger partial charge in [0.15, 0.2) is 0 Å². The molecule has 0 aromatic heterocycles. The fourth-order valence-electron chi connectivity index (χ4n) is 0.0758. The van der Waals surface area contributed by atoms with Gasteiger partial charge in [-0.15, -0.1) is 11.6 Å². The summed E-state index contributed by atoms with van der Waals surface area (Å²) in [4.78, 5) is 0. The van der Waals surface area contributed by atoms with E-state index in [-0.39, 0.29) is 0 Å². The van der Waals surface area contributed by atoms with E-state index in [4.69, 9.17) is 58.0 Å². The standard InChI is InChI=1S/C3H2Cl5O/c4-1-2(5,9)3(6,7)8/h1H2. The van der Waals surface area contributed by atoms with Crippen molar-refractivity contribution in [2.24, 2.45) is 0 Å². The first-order valence-electron chi connectivity index (χ1n) is 1.83. The molecule has 1 unspecified atom stereocenters. The molecule has 55 valence electrons. The summed E-state index contributed by atoms with van der Waals surface area (Å²) in [7, 11) is 0. The molecule has 0 rings (SSSR count). The van der Waals surface area contributed by atoms with Crippen LogP contribution in [0.4, 0.5) is 0 Å². The van der Waals surface area contributed by atoms with E-state index >= 15 is 0 Å². The highest BCUT2D eigenvalue weighted by molar-refractivity contribution is 6.71. The van der Waals surface area contributed by atoms with E-state index in [0.29, 0.717) is 0 Å². The highest BCUT2D eigenvalue weighted by atomic mass is 35.6. The summed E-state index contributed by atoms with van der Waals surface area (Å²) in [5.74, 6) is -0.453. The Morgan fingerprint density at radius 3 is 1.44 bits per heavy atom. The van der Waals surface area contributed by atoms with Crippen molar-refractivity contribution < 1.29 is 5.11 Å². The molecule has 6 heteroatoms. The zero-order valence-electron chi connectivity index (χ0n) is 4.01. The number of alkyl halides is 5. The summed E-state index contributed by atoms with van der Waals surface area (Å²) < 4.78 is -2.06. The van der Waals surface area contributed by atoms with Gasteiger partial charge in [0, 0.05) is 0 Å². The smallest absolute Gasteiger partial charge is 0.206 e. The summed E-state index contributed by atoms with van der Waals surface area (Å²) in [6, 6.07) is 0. The van der Waals surface area contributed by atoms with Crippen molar-refractivity contribution in [1.82, 2.24) is 0 Å². The van der Waals surface area contributed by atoms with Gasteiger partial charge in [-0.05, 0) is 0 Å². The molecule has 0 aliphatic carbocycles. The van der Waals surface area contributed by atoms with Gasteiger partial charge in [-0.2, -0.15) is 0 Å². The van der Waals surface area contributed by atoms with Crippen LogP contribution in [0.15, 0.2) is 0 Å². The molecule has 1 nitrogen and oxygen atoms in total. The molecule has 0 heterocycles. The van der Waals surface area contributed by atoms with Crippen LogP contribution < -0.4 is 0 Å². The largest absolute Gasteiger partial charge is 0.237 e. The molecular weight excluding hydrogens is 229 g/mol.